The molecule has 0 aliphatic heterocycles. The smallest absolute Gasteiger partial charge is 0.314 e. The topological polar surface area (TPSA) is 76.7 Å². The molecule has 0 saturated heterocycles. The van der Waals surface area contributed by atoms with E-state index in [2.05, 4.69) is 22.7 Å². The highest BCUT2D eigenvalue weighted by Crippen LogP contribution is 2.01. The molecule has 0 aromatic heterocycles. The number of nitrogens with zero attached hydrogens (tertiary/aromatic N) is 1. The number of ether oxygens (including phenoxy) is 1. The lowest BCUT2D eigenvalue weighted by atomic mass is 10.1. The van der Waals surface area contributed by atoms with E-state index in [-0.39, 0.29) is 17.0 Å². The fraction of sp³-hybridized carbons (Fsp3) is 0.625. The van der Waals surface area contributed by atoms with Crippen molar-refractivity contribution in [3.05, 3.63) is 0 Å². The Labute approximate surface area is 88.7 Å². The second-order valence-electron chi connectivity index (χ2n) is 2.52. The van der Waals surface area contributed by atoms with E-state index in [1.54, 1.807) is 6.92 Å². The summed E-state index contributed by atoms with van der Waals surface area (Å²) >= 11 is 4.54. The van der Waals surface area contributed by atoms with Gasteiger partial charge in [0.1, 0.15) is 0 Å². The summed E-state index contributed by atoms with van der Waals surface area (Å²) in [5.74, 6) is -0.639. The Hall–Kier alpha value is -1.17. The molecule has 3 N–H and O–H groups in total. The lowest BCUT2D eigenvalue weighted by Crippen LogP contribution is -2.26. The molecule has 0 bridgehead atoms. The first-order chi connectivity index (χ1) is 6.61. The van der Waals surface area contributed by atoms with Crippen molar-refractivity contribution in [3.8, 4) is 0 Å². The van der Waals surface area contributed by atoms with Gasteiger partial charge in [-0.25, -0.2) is 0 Å². The van der Waals surface area contributed by atoms with E-state index >= 15 is 0 Å². The molecular formula is C8H15N3O2S. The summed E-state index contributed by atoms with van der Waals surface area (Å²) in [7, 11) is 0. The highest BCUT2D eigenvalue weighted by atomic mass is 32.1. The molecule has 0 amide bonds. The lowest BCUT2D eigenvalue weighted by Gasteiger charge is -2.07. The first kappa shape index (κ1) is 12.8. The zero-order valence-corrected chi connectivity index (χ0v) is 9.13. The van der Waals surface area contributed by atoms with Gasteiger partial charge in [0.25, 0.3) is 0 Å². The molecule has 14 heavy (non-hydrogen) atoms. The summed E-state index contributed by atoms with van der Waals surface area (Å²) in [6.07, 6.45) is 2.07. The zero-order valence-electron chi connectivity index (χ0n) is 8.32. The largest absolute Gasteiger partial charge is 0.465 e. The van der Waals surface area contributed by atoms with Gasteiger partial charge in [0.15, 0.2) is 5.11 Å². The van der Waals surface area contributed by atoms with Crippen LogP contribution in [-0.2, 0) is 9.53 Å². The maximum atomic E-state index is 11.2. The number of hydrogen-bond acceptors (Lipinski definition) is 4. The van der Waals surface area contributed by atoms with Gasteiger partial charge in [-0.15, -0.1) is 0 Å². The van der Waals surface area contributed by atoms with Crippen LogP contribution in [0.25, 0.3) is 0 Å². The van der Waals surface area contributed by atoms with E-state index < -0.39 is 0 Å². The van der Waals surface area contributed by atoms with Gasteiger partial charge in [0, 0.05) is 6.21 Å². The van der Waals surface area contributed by atoms with Crippen LogP contribution in [0.1, 0.15) is 20.3 Å². The summed E-state index contributed by atoms with van der Waals surface area (Å²) < 4.78 is 4.83. The van der Waals surface area contributed by atoms with Crippen molar-refractivity contribution >= 4 is 29.5 Å². The Kier molecular flexibility index (Phi) is 6.65. The molecule has 6 heteroatoms. The molecular weight excluding hydrogens is 202 g/mol. The van der Waals surface area contributed by atoms with Gasteiger partial charge in [0.05, 0.1) is 12.5 Å². The summed E-state index contributed by atoms with van der Waals surface area (Å²) in [4.78, 5) is 11.2. The molecule has 0 saturated carbocycles. The predicted molar refractivity (Wildman–Crippen MR) is 58.8 cm³/mol. The van der Waals surface area contributed by atoms with Crippen LogP contribution in [-0.4, -0.2) is 23.9 Å². The van der Waals surface area contributed by atoms with Gasteiger partial charge in [-0.05, 0) is 25.6 Å². The monoisotopic (exact) mass is 217 g/mol. The number of carbonyl (C=O) groups excluding carboxylic acids is 1. The zero-order chi connectivity index (χ0) is 11.0. The Balaban J connectivity index is 4.07. The van der Waals surface area contributed by atoms with E-state index in [4.69, 9.17) is 10.5 Å². The minimum absolute atomic E-state index is 0.0694. The molecule has 0 heterocycles. The second kappa shape index (κ2) is 7.25. The number of hydrazone groups is 1. The van der Waals surface area contributed by atoms with Crippen LogP contribution in [0.2, 0.25) is 0 Å². The normalized spacial score (nSPS) is 12.4. The van der Waals surface area contributed by atoms with E-state index in [0.29, 0.717) is 13.0 Å². The highest BCUT2D eigenvalue weighted by molar-refractivity contribution is 7.80. The van der Waals surface area contributed by atoms with Crippen LogP contribution in [0.5, 0.6) is 0 Å². The van der Waals surface area contributed by atoms with Gasteiger partial charge in [-0.3, -0.25) is 10.2 Å². The summed E-state index contributed by atoms with van der Waals surface area (Å²) in [6, 6.07) is 0. The third-order valence-electron chi connectivity index (χ3n) is 1.46. The van der Waals surface area contributed by atoms with E-state index in [1.807, 2.05) is 6.92 Å². The summed E-state index contributed by atoms with van der Waals surface area (Å²) in [6.45, 7) is 4.00. The molecule has 5 nitrogen and oxygen atoms in total. The Morgan fingerprint density at radius 1 is 1.71 bits per heavy atom. The molecule has 1 atom stereocenters. The van der Waals surface area contributed by atoms with Crippen LogP contribution in [0.4, 0.5) is 0 Å². The Morgan fingerprint density at radius 3 is 2.79 bits per heavy atom. The van der Waals surface area contributed by atoms with E-state index in [1.165, 1.54) is 6.21 Å². The average molecular weight is 217 g/mol. The number of nitrogens with one attached hydrogen (secondary N) is 1. The maximum Gasteiger partial charge on any atom is 0.314 e. The van der Waals surface area contributed by atoms with Gasteiger partial charge >= 0.3 is 5.97 Å². The van der Waals surface area contributed by atoms with Crippen molar-refractivity contribution < 1.29 is 9.53 Å². The van der Waals surface area contributed by atoms with Gasteiger partial charge in [-0.1, -0.05) is 6.92 Å². The first-order valence-electron chi connectivity index (χ1n) is 4.37. The number of rotatable bonds is 5. The Bertz CT molecular complexity index is 231. The van der Waals surface area contributed by atoms with Crippen LogP contribution in [0, 0.1) is 5.92 Å². The van der Waals surface area contributed by atoms with Crippen molar-refractivity contribution in [2.24, 2.45) is 16.8 Å². The highest BCUT2D eigenvalue weighted by Gasteiger charge is 2.14. The van der Waals surface area contributed by atoms with Gasteiger partial charge in [0.2, 0.25) is 0 Å². The molecule has 0 rings (SSSR count). The molecule has 0 fully saturated rings. The fourth-order valence-corrected chi connectivity index (χ4v) is 0.826. The van der Waals surface area contributed by atoms with Crippen molar-refractivity contribution in [3.63, 3.8) is 0 Å². The summed E-state index contributed by atoms with van der Waals surface area (Å²) in [5.41, 5.74) is 7.52. The molecule has 1 unspecified atom stereocenters. The lowest BCUT2D eigenvalue weighted by molar-refractivity contribution is -0.145. The van der Waals surface area contributed by atoms with Crippen molar-refractivity contribution in [2.75, 3.05) is 6.61 Å². The van der Waals surface area contributed by atoms with E-state index in [9.17, 15) is 4.79 Å². The molecule has 0 aliphatic carbocycles. The molecule has 0 aliphatic rings. The number of hydrogen-bond donors (Lipinski definition) is 2. The van der Waals surface area contributed by atoms with Crippen LogP contribution < -0.4 is 11.2 Å². The SMILES string of the molecule is CCOC(=O)C(/C=N/NC(N)=S)CC. The molecule has 0 aromatic carbocycles. The minimum Gasteiger partial charge on any atom is -0.465 e. The predicted octanol–water partition coefficient (Wildman–Crippen LogP) is 0.395. The molecule has 0 radical (unpaired) electrons. The molecule has 0 aromatic rings. The number of nitrogens with two attached hydrogens (primary N) is 1. The first-order valence-corrected chi connectivity index (χ1v) is 4.77. The van der Waals surface area contributed by atoms with Gasteiger partial charge in [-0.2, -0.15) is 5.10 Å². The van der Waals surface area contributed by atoms with Gasteiger partial charge < -0.3 is 10.5 Å². The second-order valence-corrected chi connectivity index (χ2v) is 2.96. The van der Waals surface area contributed by atoms with Crippen LogP contribution in [0.3, 0.4) is 0 Å². The molecule has 80 valence electrons. The Morgan fingerprint density at radius 2 is 2.36 bits per heavy atom. The minimum atomic E-state index is -0.350. The quantitative estimate of drug-likeness (QED) is 0.301. The average Bonchev–Trinajstić information content (AvgIpc) is 2.12. The third kappa shape index (κ3) is 5.47. The number of esters is 1. The third-order valence-corrected chi connectivity index (χ3v) is 1.55. The number of carbonyl (C=O) groups is 1. The molecule has 0 spiro atoms. The van der Waals surface area contributed by atoms with Crippen molar-refractivity contribution in [1.82, 2.24) is 5.43 Å². The van der Waals surface area contributed by atoms with Crippen LogP contribution >= 0.6 is 12.2 Å². The van der Waals surface area contributed by atoms with Crippen molar-refractivity contribution in [2.45, 2.75) is 20.3 Å². The maximum absolute atomic E-state index is 11.2. The fourth-order valence-electron chi connectivity index (χ4n) is 0.773. The van der Waals surface area contributed by atoms with Crippen molar-refractivity contribution in [1.29, 1.82) is 0 Å². The number of thiocarbonyl (C=S) groups is 1. The van der Waals surface area contributed by atoms with Crippen LogP contribution in [0.15, 0.2) is 5.10 Å². The standard InChI is InChI=1S/C8H15N3O2S/c1-3-6(7(12)13-4-2)5-10-11-8(9)14/h5-6H,3-4H2,1-2H3,(H3,9,11,14)/b10-5+. The summed E-state index contributed by atoms with van der Waals surface area (Å²) in [5, 5.41) is 3.77. The van der Waals surface area contributed by atoms with E-state index in [0.717, 1.165) is 0 Å².